The summed E-state index contributed by atoms with van der Waals surface area (Å²) < 4.78 is 13.5. The van der Waals surface area contributed by atoms with E-state index in [9.17, 15) is 10.2 Å². The number of fused-ring (bicyclic) bond motifs is 2. The van der Waals surface area contributed by atoms with Crippen LogP contribution in [0.25, 0.3) is 0 Å². The zero-order valence-corrected chi connectivity index (χ0v) is 21.5. The van der Waals surface area contributed by atoms with E-state index >= 15 is 0 Å². The molecule has 0 aromatic heterocycles. The molecule has 2 aliphatic heterocycles. The second-order valence-corrected chi connectivity index (χ2v) is 13.8. The Morgan fingerprint density at radius 2 is 1.91 bits per heavy atom. The highest BCUT2D eigenvalue weighted by Crippen LogP contribution is 2.78. The number of likely N-dealkylation sites (tertiary alicyclic amines) is 1. The van der Waals surface area contributed by atoms with Crippen molar-refractivity contribution in [1.82, 2.24) is 4.90 Å². The largest absolute Gasteiger partial charge is 0.504 e. The lowest BCUT2D eigenvalue weighted by atomic mass is 9.33. The fourth-order valence-corrected chi connectivity index (χ4v) is 9.58. The fourth-order valence-electron chi connectivity index (χ4n) is 9.58. The molecule has 186 valence electrons. The molecule has 8 rings (SSSR count). The molecule has 1 saturated heterocycles. The van der Waals surface area contributed by atoms with Crippen molar-refractivity contribution in [2.45, 2.75) is 101 Å². The summed E-state index contributed by atoms with van der Waals surface area (Å²) in [4.78, 5) is 2.82. The third-order valence-corrected chi connectivity index (χ3v) is 11.9. The summed E-state index contributed by atoms with van der Waals surface area (Å²) in [5, 5.41) is 23.2. The maximum atomic E-state index is 12.2. The normalized spacial score (nSPS) is 43.9. The number of hydrogen-bond donors (Lipinski definition) is 2. The van der Waals surface area contributed by atoms with Gasteiger partial charge >= 0.3 is 0 Å². The van der Waals surface area contributed by atoms with Crippen LogP contribution in [0, 0.1) is 22.7 Å². The van der Waals surface area contributed by atoms with Crippen molar-refractivity contribution < 1.29 is 19.7 Å². The van der Waals surface area contributed by atoms with Crippen molar-refractivity contribution in [2.24, 2.45) is 22.7 Å². The van der Waals surface area contributed by atoms with Crippen molar-refractivity contribution in [3.05, 3.63) is 23.3 Å². The summed E-state index contributed by atoms with van der Waals surface area (Å²) in [5.41, 5.74) is 0.783. The molecule has 2 unspecified atom stereocenters. The highest BCUT2D eigenvalue weighted by molar-refractivity contribution is 5.63. The Kier molecular flexibility index (Phi) is 4.08. The number of ether oxygens (including phenoxy) is 2. The molecule has 4 saturated carbocycles. The van der Waals surface area contributed by atoms with Crippen LogP contribution in [0.5, 0.6) is 11.5 Å². The SMILES string of the molecule is CO[C@@]12CCC3(C[C@@H]1[C@@](C)(O)C(C)(C)C)[C@H]1Cc4ccc(O)c5c4[C@@]3(CCN1CC1CC1)C2O5. The minimum Gasteiger partial charge on any atom is -0.504 e. The number of piperidine rings is 1. The van der Waals surface area contributed by atoms with E-state index in [2.05, 4.69) is 31.7 Å². The first kappa shape index (κ1) is 21.9. The van der Waals surface area contributed by atoms with Crippen molar-refractivity contribution in [2.75, 3.05) is 20.2 Å². The maximum Gasteiger partial charge on any atom is 0.165 e. The summed E-state index contributed by atoms with van der Waals surface area (Å²) in [5.74, 6) is 1.80. The van der Waals surface area contributed by atoms with Gasteiger partial charge in [0.05, 0.1) is 5.60 Å². The molecule has 7 aliphatic rings. The molecule has 2 heterocycles. The number of rotatable bonds is 4. The van der Waals surface area contributed by atoms with Crippen molar-refractivity contribution >= 4 is 0 Å². The molecule has 5 fully saturated rings. The van der Waals surface area contributed by atoms with Gasteiger partial charge in [0.1, 0.15) is 11.7 Å². The lowest BCUT2D eigenvalue weighted by Gasteiger charge is -2.75. The predicted octanol–water partition coefficient (Wildman–Crippen LogP) is 4.41. The molecular formula is C29H41NO4. The van der Waals surface area contributed by atoms with Crippen LogP contribution in [0.1, 0.15) is 77.3 Å². The van der Waals surface area contributed by atoms with Gasteiger partial charge < -0.3 is 19.7 Å². The molecule has 1 aromatic rings. The number of benzene rings is 1. The van der Waals surface area contributed by atoms with Gasteiger partial charge in [0.15, 0.2) is 11.5 Å². The van der Waals surface area contributed by atoms with E-state index in [1.54, 1.807) is 0 Å². The predicted molar refractivity (Wildman–Crippen MR) is 130 cm³/mol. The van der Waals surface area contributed by atoms with E-state index in [-0.39, 0.29) is 34.0 Å². The van der Waals surface area contributed by atoms with Gasteiger partial charge in [-0.15, -0.1) is 0 Å². The smallest absolute Gasteiger partial charge is 0.165 e. The van der Waals surface area contributed by atoms with Gasteiger partial charge in [-0.05, 0) is 81.4 Å². The first-order chi connectivity index (χ1) is 16.0. The van der Waals surface area contributed by atoms with Crippen LogP contribution in [0.15, 0.2) is 12.1 Å². The van der Waals surface area contributed by atoms with E-state index < -0.39 is 11.2 Å². The first-order valence-corrected chi connectivity index (χ1v) is 13.6. The highest BCUT2D eigenvalue weighted by atomic mass is 16.6. The number of phenols is 1. The summed E-state index contributed by atoms with van der Waals surface area (Å²) >= 11 is 0. The van der Waals surface area contributed by atoms with Crippen LogP contribution < -0.4 is 4.74 Å². The fraction of sp³-hybridized carbons (Fsp3) is 0.793. The summed E-state index contributed by atoms with van der Waals surface area (Å²) in [6, 6.07) is 4.46. The minimum atomic E-state index is -0.909. The first-order valence-electron chi connectivity index (χ1n) is 13.6. The van der Waals surface area contributed by atoms with E-state index in [1.807, 2.05) is 20.1 Å². The standard InChI is InChI=1S/C29H41NO4/c1-25(2,3)26(4,32)20-15-27-10-11-29(20,33-5)24-28(27)12-13-30(16-17-6-7-17)21(27)14-18-8-9-19(31)23(34-24)22(18)28/h8-9,17,20-21,24,31-32H,6-7,10-16H2,1-5H3/t20-,21-,24?,26-,27?,28+,29+/m1/s1. The second kappa shape index (κ2) is 6.33. The summed E-state index contributed by atoms with van der Waals surface area (Å²) in [7, 11) is 1.83. The monoisotopic (exact) mass is 467 g/mol. The summed E-state index contributed by atoms with van der Waals surface area (Å²) in [6.45, 7) is 10.8. The second-order valence-electron chi connectivity index (χ2n) is 13.8. The third-order valence-electron chi connectivity index (χ3n) is 11.9. The van der Waals surface area contributed by atoms with Crippen LogP contribution in [0.3, 0.4) is 0 Å². The van der Waals surface area contributed by atoms with Gasteiger partial charge in [0, 0.05) is 42.0 Å². The van der Waals surface area contributed by atoms with Crippen LogP contribution in [-0.2, 0) is 16.6 Å². The molecule has 0 radical (unpaired) electrons. The average Bonchev–Trinajstić information content (AvgIpc) is 3.53. The molecule has 2 N–H and O–H groups in total. The molecule has 5 heteroatoms. The minimum absolute atomic E-state index is 0.0294. The molecule has 1 aromatic carbocycles. The number of aromatic hydroxyl groups is 1. The van der Waals surface area contributed by atoms with Crippen molar-refractivity contribution in [3.63, 3.8) is 0 Å². The Hall–Kier alpha value is -1.30. The Morgan fingerprint density at radius 1 is 1.15 bits per heavy atom. The number of phenolic OH excluding ortho intramolecular Hbond substituents is 1. The Morgan fingerprint density at radius 3 is 2.59 bits per heavy atom. The van der Waals surface area contributed by atoms with E-state index in [0.29, 0.717) is 11.8 Å². The van der Waals surface area contributed by atoms with E-state index in [4.69, 9.17) is 9.47 Å². The number of nitrogens with zero attached hydrogens (tertiary/aromatic N) is 1. The van der Waals surface area contributed by atoms with Crippen LogP contribution in [0.2, 0.25) is 0 Å². The molecule has 5 aliphatic carbocycles. The van der Waals surface area contributed by atoms with Crippen LogP contribution in [0.4, 0.5) is 0 Å². The molecule has 5 nitrogen and oxygen atoms in total. The Labute approximate surface area is 203 Å². The number of aliphatic hydroxyl groups is 1. The van der Waals surface area contributed by atoms with Gasteiger partial charge in [-0.2, -0.15) is 0 Å². The van der Waals surface area contributed by atoms with Gasteiger partial charge in [-0.3, -0.25) is 4.90 Å². The third kappa shape index (κ3) is 2.25. The lowest BCUT2D eigenvalue weighted by molar-refractivity contribution is -0.312. The Bertz CT molecular complexity index is 1060. The van der Waals surface area contributed by atoms with Gasteiger partial charge in [-0.1, -0.05) is 26.8 Å². The van der Waals surface area contributed by atoms with Crippen molar-refractivity contribution in [3.8, 4) is 11.5 Å². The van der Waals surface area contributed by atoms with E-state index in [0.717, 1.165) is 44.6 Å². The molecular weight excluding hydrogens is 426 g/mol. The topological polar surface area (TPSA) is 62.2 Å². The van der Waals surface area contributed by atoms with Gasteiger partial charge in [-0.25, -0.2) is 0 Å². The molecule has 2 spiro atoms. The van der Waals surface area contributed by atoms with Crippen molar-refractivity contribution in [1.29, 1.82) is 0 Å². The molecule has 0 amide bonds. The average molecular weight is 468 g/mol. The van der Waals surface area contributed by atoms with Crippen LogP contribution >= 0.6 is 0 Å². The van der Waals surface area contributed by atoms with Gasteiger partial charge in [0.25, 0.3) is 0 Å². The van der Waals surface area contributed by atoms with Gasteiger partial charge in [0.2, 0.25) is 0 Å². The lowest BCUT2D eigenvalue weighted by Crippen LogP contribution is -2.83. The van der Waals surface area contributed by atoms with Crippen LogP contribution in [-0.4, -0.2) is 58.7 Å². The zero-order chi connectivity index (χ0) is 23.9. The zero-order valence-electron chi connectivity index (χ0n) is 21.5. The number of methoxy groups -OCH3 is 1. The number of hydrogen-bond acceptors (Lipinski definition) is 5. The molecule has 4 bridgehead atoms. The van der Waals surface area contributed by atoms with E-state index in [1.165, 1.54) is 30.5 Å². The summed E-state index contributed by atoms with van der Waals surface area (Å²) in [6.07, 6.45) is 7.64. The maximum absolute atomic E-state index is 12.2. The molecule has 7 atom stereocenters. The Balaban J connectivity index is 1.47. The highest BCUT2D eigenvalue weighted by Gasteiger charge is 2.82. The quantitative estimate of drug-likeness (QED) is 0.687. The molecule has 34 heavy (non-hydrogen) atoms.